The standard InChI is InChI=1S/C10H14N6/c1-3-8-9(15-11)12-6-13-10(8)16-5-7(2)4-14-16/h4-6H,3,11H2,1-2H3,(H,12,13,15). The lowest BCUT2D eigenvalue weighted by atomic mass is 10.2. The van der Waals surface area contributed by atoms with E-state index in [9.17, 15) is 0 Å². The highest BCUT2D eigenvalue weighted by molar-refractivity contribution is 5.50. The van der Waals surface area contributed by atoms with Crippen molar-refractivity contribution < 1.29 is 0 Å². The fraction of sp³-hybridized carbons (Fsp3) is 0.300. The first kappa shape index (κ1) is 10.6. The average molecular weight is 218 g/mol. The van der Waals surface area contributed by atoms with E-state index in [1.165, 1.54) is 6.33 Å². The molecule has 0 saturated heterocycles. The number of hydrogen-bond donors (Lipinski definition) is 2. The van der Waals surface area contributed by atoms with Gasteiger partial charge in [0.1, 0.15) is 12.1 Å². The molecule has 16 heavy (non-hydrogen) atoms. The summed E-state index contributed by atoms with van der Waals surface area (Å²) in [5.41, 5.74) is 4.61. The quantitative estimate of drug-likeness (QED) is 0.588. The van der Waals surface area contributed by atoms with Crippen molar-refractivity contribution in [3.05, 3.63) is 29.8 Å². The zero-order chi connectivity index (χ0) is 11.5. The minimum atomic E-state index is 0.639. The van der Waals surface area contributed by atoms with Crippen LogP contribution in [0.25, 0.3) is 5.82 Å². The largest absolute Gasteiger partial charge is 0.308 e. The Morgan fingerprint density at radius 2 is 2.25 bits per heavy atom. The smallest absolute Gasteiger partial charge is 0.162 e. The van der Waals surface area contributed by atoms with Crippen molar-refractivity contribution in [2.24, 2.45) is 5.84 Å². The number of hydrazine groups is 1. The van der Waals surface area contributed by atoms with Gasteiger partial charge in [0.2, 0.25) is 0 Å². The number of nitrogens with two attached hydrogens (primary N) is 1. The summed E-state index contributed by atoms with van der Waals surface area (Å²) in [5, 5.41) is 4.23. The van der Waals surface area contributed by atoms with Gasteiger partial charge in [-0.25, -0.2) is 20.5 Å². The Hall–Kier alpha value is -1.95. The molecule has 0 fully saturated rings. The van der Waals surface area contributed by atoms with E-state index in [0.717, 1.165) is 23.4 Å². The number of nitrogens with one attached hydrogen (secondary N) is 1. The first-order valence-electron chi connectivity index (χ1n) is 5.08. The van der Waals surface area contributed by atoms with Crippen molar-refractivity contribution in [1.29, 1.82) is 0 Å². The lowest BCUT2D eigenvalue weighted by molar-refractivity contribution is 0.818. The second-order valence-electron chi connectivity index (χ2n) is 3.48. The Balaban J connectivity index is 2.56. The molecule has 0 unspecified atom stereocenters. The molecule has 0 bridgehead atoms. The van der Waals surface area contributed by atoms with E-state index >= 15 is 0 Å². The summed E-state index contributed by atoms with van der Waals surface area (Å²) in [7, 11) is 0. The number of rotatable bonds is 3. The van der Waals surface area contributed by atoms with Crippen LogP contribution < -0.4 is 11.3 Å². The molecule has 0 spiro atoms. The highest BCUT2D eigenvalue weighted by Crippen LogP contribution is 2.18. The van der Waals surface area contributed by atoms with Crippen LogP contribution in [0.2, 0.25) is 0 Å². The number of nitrogen functional groups attached to an aromatic ring is 1. The highest BCUT2D eigenvalue weighted by Gasteiger charge is 2.10. The van der Waals surface area contributed by atoms with Crippen LogP contribution >= 0.6 is 0 Å². The molecular formula is C10H14N6. The molecular weight excluding hydrogens is 204 g/mol. The van der Waals surface area contributed by atoms with Gasteiger partial charge in [-0.05, 0) is 18.9 Å². The van der Waals surface area contributed by atoms with Gasteiger partial charge in [-0.3, -0.25) is 0 Å². The van der Waals surface area contributed by atoms with Crippen molar-refractivity contribution >= 4 is 5.82 Å². The Bertz CT molecular complexity index is 490. The Morgan fingerprint density at radius 1 is 1.44 bits per heavy atom. The maximum absolute atomic E-state index is 5.41. The molecule has 2 rings (SSSR count). The number of aryl methyl sites for hydroxylation is 1. The van der Waals surface area contributed by atoms with E-state index < -0.39 is 0 Å². The Labute approximate surface area is 93.5 Å². The SMILES string of the molecule is CCc1c(NN)ncnc1-n1cc(C)cn1. The normalized spacial score (nSPS) is 10.4. The zero-order valence-corrected chi connectivity index (χ0v) is 9.31. The summed E-state index contributed by atoms with van der Waals surface area (Å²) in [6.45, 7) is 4.01. The third-order valence-electron chi connectivity index (χ3n) is 2.34. The molecule has 0 radical (unpaired) electrons. The van der Waals surface area contributed by atoms with Crippen LogP contribution in [0.1, 0.15) is 18.1 Å². The third-order valence-corrected chi connectivity index (χ3v) is 2.34. The average Bonchev–Trinajstić information content (AvgIpc) is 2.74. The molecule has 0 aliphatic rings. The highest BCUT2D eigenvalue weighted by atomic mass is 15.3. The first-order chi connectivity index (χ1) is 7.76. The summed E-state index contributed by atoms with van der Waals surface area (Å²) in [4.78, 5) is 8.31. The van der Waals surface area contributed by atoms with E-state index in [1.807, 2.05) is 20.0 Å². The van der Waals surface area contributed by atoms with Gasteiger partial charge in [0.05, 0.1) is 6.20 Å². The van der Waals surface area contributed by atoms with Crippen LogP contribution in [0.3, 0.4) is 0 Å². The third kappa shape index (κ3) is 1.74. The maximum Gasteiger partial charge on any atom is 0.162 e. The Morgan fingerprint density at radius 3 is 2.81 bits per heavy atom. The summed E-state index contributed by atoms with van der Waals surface area (Å²) in [6, 6.07) is 0. The zero-order valence-electron chi connectivity index (χ0n) is 9.31. The van der Waals surface area contributed by atoms with Crippen molar-refractivity contribution in [2.75, 3.05) is 5.43 Å². The summed E-state index contributed by atoms with van der Waals surface area (Å²) in [6.07, 6.45) is 5.97. The minimum absolute atomic E-state index is 0.639. The molecule has 6 nitrogen and oxygen atoms in total. The molecule has 2 heterocycles. The minimum Gasteiger partial charge on any atom is -0.308 e. The van der Waals surface area contributed by atoms with Crippen molar-refractivity contribution in [3.63, 3.8) is 0 Å². The van der Waals surface area contributed by atoms with Crippen LogP contribution in [0.15, 0.2) is 18.7 Å². The van der Waals surface area contributed by atoms with Crippen molar-refractivity contribution in [1.82, 2.24) is 19.7 Å². The molecule has 3 N–H and O–H groups in total. The van der Waals surface area contributed by atoms with Crippen LogP contribution in [0.5, 0.6) is 0 Å². The van der Waals surface area contributed by atoms with E-state index in [-0.39, 0.29) is 0 Å². The number of nitrogens with zero attached hydrogens (tertiary/aromatic N) is 4. The topological polar surface area (TPSA) is 81.6 Å². The van der Waals surface area contributed by atoms with Crippen LogP contribution in [0, 0.1) is 6.92 Å². The number of hydrogen-bond acceptors (Lipinski definition) is 5. The molecule has 0 amide bonds. The van der Waals surface area contributed by atoms with E-state index in [0.29, 0.717) is 5.82 Å². The molecule has 84 valence electrons. The first-order valence-corrected chi connectivity index (χ1v) is 5.08. The van der Waals surface area contributed by atoms with Gasteiger partial charge < -0.3 is 5.43 Å². The molecule has 0 atom stereocenters. The number of anilines is 1. The van der Waals surface area contributed by atoms with Crippen LogP contribution in [-0.2, 0) is 6.42 Å². The molecule has 0 aliphatic carbocycles. The molecule has 0 saturated carbocycles. The van der Waals surface area contributed by atoms with E-state index in [1.54, 1.807) is 10.9 Å². The molecule has 6 heteroatoms. The number of aromatic nitrogens is 4. The maximum atomic E-state index is 5.41. The summed E-state index contributed by atoms with van der Waals surface area (Å²) in [5.74, 6) is 6.81. The summed E-state index contributed by atoms with van der Waals surface area (Å²) < 4.78 is 1.73. The molecule has 2 aromatic heterocycles. The van der Waals surface area contributed by atoms with Gasteiger partial charge in [0.25, 0.3) is 0 Å². The molecule has 0 aliphatic heterocycles. The fourth-order valence-corrected chi connectivity index (χ4v) is 1.58. The second kappa shape index (κ2) is 4.28. The van der Waals surface area contributed by atoms with Gasteiger partial charge in [-0.15, -0.1) is 0 Å². The second-order valence-corrected chi connectivity index (χ2v) is 3.48. The monoisotopic (exact) mass is 218 g/mol. The lowest BCUT2D eigenvalue weighted by Crippen LogP contribution is -2.14. The van der Waals surface area contributed by atoms with Gasteiger partial charge in [0.15, 0.2) is 5.82 Å². The van der Waals surface area contributed by atoms with Crippen LogP contribution in [0.4, 0.5) is 5.82 Å². The molecule has 0 aromatic carbocycles. The predicted octanol–water partition coefficient (Wildman–Crippen LogP) is 0.819. The predicted molar refractivity (Wildman–Crippen MR) is 61.1 cm³/mol. The van der Waals surface area contributed by atoms with Gasteiger partial charge in [-0.2, -0.15) is 5.10 Å². The van der Waals surface area contributed by atoms with Crippen molar-refractivity contribution in [2.45, 2.75) is 20.3 Å². The van der Waals surface area contributed by atoms with Gasteiger partial charge >= 0.3 is 0 Å². The molecule has 2 aromatic rings. The summed E-state index contributed by atoms with van der Waals surface area (Å²) >= 11 is 0. The van der Waals surface area contributed by atoms with Gasteiger partial charge in [0, 0.05) is 11.8 Å². The lowest BCUT2D eigenvalue weighted by Gasteiger charge is -2.10. The van der Waals surface area contributed by atoms with Gasteiger partial charge in [-0.1, -0.05) is 6.92 Å². The fourth-order valence-electron chi connectivity index (χ4n) is 1.58. The Kier molecular flexibility index (Phi) is 2.82. The van der Waals surface area contributed by atoms with E-state index in [2.05, 4.69) is 20.5 Å². The van der Waals surface area contributed by atoms with E-state index in [4.69, 9.17) is 5.84 Å². The van der Waals surface area contributed by atoms with Crippen LogP contribution in [-0.4, -0.2) is 19.7 Å². The van der Waals surface area contributed by atoms with Crippen molar-refractivity contribution in [3.8, 4) is 5.82 Å².